The van der Waals surface area contributed by atoms with Crippen LogP contribution in [0.3, 0.4) is 0 Å². The van der Waals surface area contributed by atoms with Crippen LogP contribution in [0.25, 0.3) is 0 Å². The minimum atomic E-state index is 0.702. The molecule has 0 amide bonds. The van der Waals surface area contributed by atoms with Gasteiger partial charge in [-0.15, -0.1) is 0 Å². The van der Waals surface area contributed by atoms with Crippen molar-refractivity contribution < 1.29 is 4.74 Å². The van der Waals surface area contributed by atoms with Crippen LogP contribution in [0.1, 0.15) is 32.6 Å². The molecule has 0 N–H and O–H groups in total. The van der Waals surface area contributed by atoms with Crippen molar-refractivity contribution in [3.63, 3.8) is 0 Å². The molecule has 0 rings (SSSR count). The quantitative estimate of drug-likeness (QED) is 0.257. The average Bonchev–Trinajstić information content (AvgIpc) is 2.06. The molecule has 0 aromatic heterocycles. The third kappa shape index (κ3) is 5.71. The van der Waals surface area contributed by atoms with E-state index in [0.717, 1.165) is 12.8 Å². The summed E-state index contributed by atoms with van der Waals surface area (Å²) in [6.07, 6.45) is 7.27. The van der Waals surface area contributed by atoms with Crippen LogP contribution in [0.15, 0.2) is 30.6 Å². The molecule has 0 saturated carbocycles. The highest BCUT2D eigenvalue weighted by Gasteiger charge is 1.96. The first-order valence-corrected chi connectivity index (χ1v) is 4.30. The topological polar surface area (TPSA) is 21.6 Å². The van der Waals surface area contributed by atoms with Gasteiger partial charge in [-0.2, -0.15) is 0 Å². The van der Waals surface area contributed by atoms with Gasteiger partial charge in [-0.3, -0.25) is 0 Å². The van der Waals surface area contributed by atoms with Gasteiger partial charge in [-0.25, -0.2) is 4.99 Å². The second-order valence-electron chi connectivity index (χ2n) is 2.45. The Morgan fingerprint density at radius 2 is 2.17 bits per heavy atom. The van der Waals surface area contributed by atoms with E-state index in [-0.39, 0.29) is 0 Å². The Kier molecular flexibility index (Phi) is 7.35. The summed E-state index contributed by atoms with van der Waals surface area (Å²) in [6, 6.07) is 0. The highest BCUT2D eigenvalue weighted by molar-refractivity contribution is 5.77. The number of nitrogens with zero attached hydrogens (tertiary/aromatic N) is 1. The van der Waals surface area contributed by atoms with Crippen molar-refractivity contribution in [2.24, 2.45) is 4.99 Å². The van der Waals surface area contributed by atoms with Crippen LogP contribution in [-0.2, 0) is 4.74 Å². The lowest BCUT2D eigenvalue weighted by Crippen LogP contribution is -1.99. The van der Waals surface area contributed by atoms with Gasteiger partial charge in [-0.1, -0.05) is 32.9 Å². The van der Waals surface area contributed by atoms with Gasteiger partial charge in [-0.05, 0) is 6.42 Å². The number of unbranched alkanes of at least 4 members (excludes halogenated alkanes) is 2. The predicted octanol–water partition coefficient (Wildman–Crippen LogP) is 3.27. The van der Waals surface area contributed by atoms with E-state index in [4.69, 9.17) is 4.74 Å². The molecule has 0 aromatic rings. The van der Waals surface area contributed by atoms with Crippen molar-refractivity contribution in [1.29, 1.82) is 0 Å². The van der Waals surface area contributed by atoms with E-state index in [1.54, 1.807) is 0 Å². The molecular weight excluding hydrogens is 150 g/mol. The van der Waals surface area contributed by atoms with Crippen molar-refractivity contribution >= 4 is 5.90 Å². The Hall–Kier alpha value is -1.05. The van der Waals surface area contributed by atoms with Gasteiger partial charge in [0.15, 0.2) is 5.90 Å². The zero-order valence-corrected chi connectivity index (χ0v) is 7.75. The molecule has 68 valence electrons. The minimum Gasteiger partial charge on any atom is -0.451 e. The van der Waals surface area contributed by atoms with E-state index in [1.165, 1.54) is 25.3 Å². The lowest BCUT2D eigenvalue weighted by Gasteiger charge is -2.02. The molecule has 0 aliphatic heterocycles. The lowest BCUT2D eigenvalue weighted by atomic mass is 10.2. The third-order valence-corrected chi connectivity index (χ3v) is 1.45. The summed E-state index contributed by atoms with van der Waals surface area (Å²) in [5, 5.41) is 0. The van der Waals surface area contributed by atoms with Crippen LogP contribution >= 0.6 is 0 Å². The standard InChI is InChI=1S/C10H17NO/c1-4-7-8-9-10(11-5-2)12-6-3/h5-6H,2-4,7-9H2,1H3. The molecule has 0 spiro atoms. The van der Waals surface area contributed by atoms with E-state index >= 15 is 0 Å². The number of hydrogen-bond acceptors (Lipinski definition) is 2. The zero-order chi connectivity index (χ0) is 9.23. The first kappa shape index (κ1) is 11.0. The maximum atomic E-state index is 5.07. The Bertz CT molecular complexity index is 161. The van der Waals surface area contributed by atoms with Gasteiger partial charge in [0.1, 0.15) is 0 Å². The molecule has 0 atom stereocenters. The largest absolute Gasteiger partial charge is 0.451 e. The van der Waals surface area contributed by atoms with Crippen molar-refractivity contribution in [2.45, 2.75) is 32.6 Å². The normalized spacial score (nSPS) is 10.9. The van der Waals surface area contributed by atoms with Crippen molar-refractivity contribution in [3.05, 3.63) is 25.6 Å². The van der Waals surface area contributed by atoms with Gasteiger partial charge in [0.2, 0.25) is 0 Å². The maximum absolute atomic E-state index is 5.07. The van der Waals surface area contributed by atoms with Crippen LogP contribution in [0.5, 0.6) is 0 Å². The first-order valence-electron chi connectivity index (χ1n) is 4.30. The molecular formula is C10H17NO. The van der Waals surface area contributed by atoms with Crippen LogP contribution < -0.4 is 0 Å². The summed E-state index contributed by atoms with van der Waals surface area (Å²) in [4.78, 5) is 3.97. The predicted molar refractivity (Wildman–Crippen MR) is 53.1 cm³/mol. The summed E-state index contributed by atoms with van der Waals surface area (Å²) in [5.74, 6) is 0.702. The van der Waals surface area contributed by atoms with E-state index in [0.29, 0.717) is 5.90 Å². The smallest absolute Gasteiger partial charge is 0.193 e. The summed E-state index contributed by atoms with van der Waals surface area (Å²) in [6.45, 7) is 9.15. The average molecular weight is 167 g/mol. The lowest BCUT2D eigenvalue weighted by molar-refractivity contribution is 0.453. The number of ether oxygens (including phenoxy) is 1. The van der Waals surface area contributed by atoms with Crippen LogP contribution in [0.2, 0.25) is 0 Å². The van der Waals surface area contributed by atoms with Gasteiger partial charge < -0.3 is 4.74 Å². The van der Waals surface area contributed by atoms with Crippen molar-refractivity contribution in [2.75, 3.05) is 0 Å². The number of aliphatic imine (C=N–C) groups is 1. The molecule has 0 aromatic carbocycles. The minimum absolute atomic E-state index is 0.702. The molecule has 0 unspecified atom stereocenters. The Morgan fingerprint density at radius 1 is 1.42 bits per heavy atom. The van der Waals surface area contributed by atoms with Crippen molar-refractivity contribution in [1.82, 2.24) is 0 Å². The van der Waals surface area contributed by atoms with E-state index in [1.807, 2.05) is 0 Å². The molecule has 0 saturated heterocycles. The number of rotatable bonds is 6. The second kappa shape index (κ2) is 8.05. The van der Waals surface area contributed by atoms with E-state index < -0.39 is 0 Å². The molecule has 12 heavy (non-hydrogen) atoms. The Balaban J connectivity index is 3.70. The summed E-state index contributed by atoms with van der Waals surface area (Å²) in [5.41, 5.74) is 0. The number of hydrogen-bond donors (Lipinski definition) is 0. The molecule has 0 aliphatic carbocycles. The summed E-state index contributed by atoms with van der Waals surface area (Å²) >= 11 is 0. The first-order chi connectivity index (χ1) is 5.85. The maximum Gasteiger partial charge on any atom is 0.193 e. The molecule has 0 radical (unpaired) electrons. The Morgan fingerprint density at radius 3 is 2.67 bits per heavy atom. The van der Waals surface area contributed by atoms with E-state index in [2.05, 4.69) is 25.1 Å². The SMILES string of the molecule is C=CN=C(CCCCC)OC=C. The highest BCUT2D eigenvalue weighted by atomic mass is 16.5. The zero-order valence-electron chi connectivity index (χ0n) is 7.75. The molecule has 0 bridgehead atoms. The second-order valence-corrected chi connectivity index (χ2v) is 2.45. The van der Waals surface area contributed by atoms with Crippen LogP contribution in [0, 0.1) is 0 Å². The molecule has 0 heterocycles. The molecule has 0 fully saturated rings. The Labute approximate surface area is 74.7 Å². The van der Waals surface area contributed by atoms with Gasteiger partial charge >= 0.3 is 0 Å². The van der Waals surface area contributed by atoms with Crippen LogP contribution in [-0.4, -0.2) is 5.90 Å². The third-order valence-electron chi connectivity index (χ3n) is 1.45. The summed E-state index contributed by atoms with van der Waals surface area (Å²) < 4.78 is 5.07. The molecule has 0 aliphatic rings. The fourth-order valence-electron chi connectivity index (χ4n) is 0.878. The van der Waals surface area contributed by atoms with Crippen LogP contribution in [0.4, 0.5) is 0 Å². The highest BCUT2D eigenvalue weighted by Crippen LogP contribution is 2.02. The molecule has 2 nitrogen and oxygen atoms in total. The van der Waals surface area contributed by atoms with Gasteiger partial charge in [0, 0.05) is 12.6 Å². The fourth-order valence-corrected chi connectivity index (χ4v) is 0.878. The monoisotopic (exact) mass is 167 g/mol. The summed E-state index contributed by atoms with van der Waals surface area (Å²) in [7, 11) is 0. The van der Waals surface area contributed by atoms with E-state index in [9.17, 15) is 0 Å². The fraction of sp³-hybridized carbons (Fsp3) is 0.500. The van der Waals surface area contributed by atoms with Gasteiger partial charge in [0.05, 0.1) is 6.26 Å². The molecule has 2 heteroatoms. The van der Waals surface area contributed by atoms with Crippen molar-refractivity contribution in [3.8, 4) is 0 Å². The van der Waals surface area contributed by atoms with Gasteiger partial charge in [0.25, 0.3) is 0 Å².